The summed E-state index contributed by atoms with van der Waals surface area (Å²) in [6.45, 7) is 5.04. The lowest BCUT2D eigenvalue weighted by Gasteiger charge is -2.11. The van der Waals surface area contributed by atoms with Gasteiger partial charge in [-0.05, 0) is 12.5 Å². The van der Waals surface area contributed by atoms with Gasteiger partial charge < -0.3 is 9.57 Å². The third kappa shape index (κ3) is 5.47. The lowest BCUT2D eigenvalue weighted by atomic mass is 10.2. The van der Waals surface area contributed by atoms with Crippen LogP contribution in [0.25, 0.3) is 0 Å². The smallest absolute Gasteiger partial charge is 0.310 e. The van der Waals surface area contributed by atoms with Gasteiger partial charge in [0, 0.05) is 6.54 Å². The van der Waals surface area contributed by atoms with Gasteiger partial charge in [0.05, 0.1) is 12.5 Å². The van der Waals surface area contributed by atoms with Crippen molar-refractivity contribution in [2.24, 2.45) is 5.92 Å². The minimum atomic E-state index is -0.221. The van der Waals surface area contributed by atoms with Gasteiger partial charge in [-0.3, -0.25) is 4.79 Å². The average Bonchev–Trinajstić information content (AvgIpc) is 2.37. The molecule has 0 aliphatic heterocycles. The van der Waals surface area contributed by atoms with E-state index in [1.54, 1.807) is 6.92 Å². The molecule has 0 aromatic heterocycles. The van der Waals surface area contributed by atoms with Crippen LogP contribution in [0.3, 0.4) is 0 Å². The Kier molecular flexibility index (Phi) is 6.29. The first-order chi connectivity index (χ1) is 8.24. The van der Waals surface area contributed by atoms with Crippen LogP contribution in [0.1, 0.15) is 19.4 Å². The normalized spacial score (nSPS) is 12.1. The lowest BCUT2D eigenvalue weighted by Crippen LogP contribution is -2.28. The number of esters is 1. The molecule has 0 saturated carbocycles. The summed E-state index contributed by atoms with van der Waals surface area (Å²) in [4.78, 5) is 16.6. The first-order valence-corrected chi connectivity index (χ1v) is 5.79. The number of carbonyl (C=O) groups excluding carboxylic acids is 1. The topological polar surface area (TPSA) is 47.6 Å². The molecule has 0 aliphatic carbocycles. The molecule has 1 unspecified atom stereocenters. The minimum Gasteiger partial charge on any atom is -0.461 e. The average molecular weight is 237 g/mol. The molecule has 0 aliphatic rings. The third-order valence-corrected chi connectivity index (χ3v) is 2.26. The molecule has 0 fully saturated rings. The van der Waals surface area contributed by atoms with E-state index in [-0.39, 0.29) is 11.9 Å². The zero-order chi connectivity index (χ0) is 12.5. The van der Waals surface area contributed by atoms with E-state index in [4.69, 9.17) is 9.57 Å². The Morgan fingerprint density at radius 3 is 2.71 bits per heavy atom. The fourth-order valence-electron chi connectivity index (χ4n) is 1.24. The number of rotatable bonds is 7. The molecular weight excluding hydrogens is 218 g/mol. The molecule has 0 saturated heterocycles. The molecule has 1 atom stereocenters. The Labute approximate surface area is 102 Å². The van der Waals surface area contributed by atoms with Crippen LogP contribution in [0.5, 0.6) is 0 Å². The molecule has 94 valence electrons. The van der Waals surface area contributed by atoms with Crippen molar-refractivity contribution >= 4 is 5.97 Å². The quantitative estimate of drug-likeness (QED) is 0.447. The Hall–Kier alpha value is -1.39. The fraction of sp³-hybridized carbons (Fsp3) is 0.462. The Morgan fingerprint density at radius 2 is 2.06 bits per heavy atom. The summed E-state index contributed by atoms with van der Waals surface area (Å²) >= 11 is 0. The van der Waals surface area contributed by atoms with Crippen molar-refractivity contribution in [3.05, 3.63) is 35.9 Å². The largest absolute Gasteiger partial charge is 0.461 e. The molecule has 0 bridgehead atoms. The first-order valence-electron chi connectivity index (χ1n) is 5.79. The van der Waals surface area contributed by atoms with Gasteiger partial charge in [-0.15, -0.1) is 0 Å². The zero-order valence-corrected chi connectivity index (χ0v) is 10.3. The van der Waals surface area contributed by atoms with Crippen molar-refractivity contribution in [1.29, 1.82) is 0 Å². The van der Waals surface area contributed by atoms with E-state index in [0.717, 1.165) is 5.56 Å². The van der Waals surface area contributed by atoms with Crippen LogP contribution in [0.4, 0.5) is 0 Å². The predicted octanol–water partition coefficient (Wildman–Crippen LogP) is 1.91. The van der Waals surface area contributed by atoms with Crippen LogP contribution < -0.4 is 5.48 Å². The molecule has 0 radical (unpaired) electrons. The summed E-state index contributed by atoms with van der Waals surface area (Å²) in [7, 11) is 0. The molecule has 4 heteroatoms. The van der Waals surface area contributed by atoms with E-state index in [2.05, 4.69) is 5.48 Å². The molecule has 1 N–H and O–H groups in total. The number of benzene rings is 1. The van der Waals surface area contributed by atoms with Crippen LogP contribution in [0.15, 0.2) is 30.3 Å². The third-order valence-electron chi connectivity index (χ3n) is 2.26. The summed E-state index contributed by atoms with van der Waals surface area (Å²) in [5.41, 5.74) is 3.70. The standard InChI is InChI=1S/C13H19NO3/c1-3-17-14-9-11(2)13(15)16-10-12-7-5-4-6-8-12/h4-8,11,14H,3,9-10H2,1-2H3. The summed E-state index contributed by atoms with van der Waals surface area (Å²) in [6.07, 6.45) is 0. The molecule has 17 heavy (non-hydrogen) atoms. The lowest BCUT2D eigenvalue weighted by molar-refractivity contribution is -0.150. The number of hydrogen-bond donors (Lipinski definition) is 1. The molecule has 1 aromatic carbocycles. The maximum atomic E-state index is 11.6. The van der Waals surface area contributed by atoms with Gasteiger partial charge in [0.1, 0.15) is 6.61 Å². The van der Waals surface area contributed by atoms with Gasteiger partial charge in [-0.1, -0.05) is 37.3 Å². The van der Waals surface area contributed by atoms with E-state index in [9.17, 15) is 4.79 Å². The molecule has 4 nitrogen and oxygen atoms in total. The Balaban J connectivity index is 2.24. The molecular formula is C13H19NO3. The van der Waals surface area contributed by atoms with Gasteiger partial charge in [0.2, 0.25) is 0 Å². The van der Waals surface area contributed by atoms with Crippen LogP contribution in [0, 0.1) is 5.92 Å². The SMILES string of the molecule is CCONCC(C)C(=O)OCc1ccccc1. The Bertz CT molecular complexity index is 327. The van der Waals surface area contributed by atoms with Crippen LogP contribution in [-0.4, -0.2) is 19.1 Å². The second-order valence-corrected chi connectivity index (χ2v) is 3.78. The van der Waals surface area contributed by atoms with Crippen molar-refractivity contribution in [2.45, 2.75) is 20.5 Å². The van der Waals surface area contributed by atoms with E-state index >= 15 is 0 Å². The predicted molar refractivity (Wildman–Crippen MR) is 65.0 cm³/mol. The van der Waals surface area contributed by atoms with Gasteiger partial charge in [0.15, 0.2) is 0 Å². The summed E-state index contributed by atoms with van der Waals surface area (Å²) in [6, 6.07) is 9.62. The number of hydrogen-bond acceptors (Lipinski definition) is 4. The van der Waals surface area contributed by atoms with Gasteiger partial charge in [-0.2, -0.15) is 0 Å². The highest BCUT2D eigenvalue weighted by molar-refractivity contribution is 5.72. The molecule has 0 spiro atoms. The number of hydroxylamine groups is 1. The summed E-state index contributed by atoms with van der Waals surface area (Å²) in [5, 5.41) is 0. The maximum Gasteiger partial charge on any atom is 0.310 e. The van der Waals surface area contributed by atoms with Crippen molar-refractivity contribution in [3.8, 4) is 0 Å². The molecule has 0 heterocycles. The molecule has 0 amide bonds. The highest BCUT2D eigenvalue weighted by atomic mass is 16.6. The van der Waals surface area contributed by atoms with E-state index in [1.165, 1.54) is 0 Å². The summed E-state index contributed by atoms with van der Waals surface area (Å²) in [5.74, 6) is -0.439. The minimum absolute atomic E-state index is 0.217. The number of carbonyl (C=O) groups is 1. The fourth-order valence-corrected chi connectivity index (χ4v) is 1.24. The van der Waals surface area contributed by atoms with E-state index in [0.29, 0.717) is 19.8 Å². The Morgan fingerprint density at radius 1 is 1.35 bits per heavy atom. The maximum absolute atomic E-state index is 11.6. The van der Waals surface area contributed by atoms with Crippen molar-refractivity contribution in [1.82, 2.24) is 5.48 Å². The van der Waals surface area contributed by atoms with Crippen LogP contribution in [0.2, 0.25) is 0 Å². The second-order valence-electron chi connectivity index (χ2n) is 3.78. The van der Waals surface area contributed by atoms with E-state index < -0.39 is 0 Å². The van der Waals surface area contributed by atoms with Crippen LogP contribution in [-0.2, 0) is 21.0 Å². The van der Waals surface area contributed by atoms with Crippen molar-refractivity contribution < 1.29 is 14.4 Å². The zero-order valence-electron chi connectivity index (χ0n) is 10.3. The second kappa shape index (κ2) is 7.81. The summed E-state index contributed by atoms with van der Waals surface area (Å²) < 4.78 is 5.19. The highest BCUT2D eigenvalue weighted by Crippen LogP contribution is 2.04. The van der Waals surface area contributed by atoms with Crippen molar-refractivity contribution in [3.63, 3.8) is 0 Å². The van der Waals surface area contributed by atoms with E-state index in [1.807, 2.05) is 37.3 Å². The van der Waals surface area contributed by atoms with Crippen LogP contribution >= 0.6 is 0 Å². The number of nitrogens with one attached hydrogen (secondary N) is 1. The van der Waals surface area contributed by atoms with Gasteiger partial charge >= 0.3 is 5.97 Å². The first kappa shape index (κ1) is 13.7. The van der Waals surface area contributed by atoms with Gasteiger partial charge in [0.25, 0.3) is 0 Å². The monoisotopic (exact) mass is 237 g/mol. The number of ether oxygens (including phenoxy) is 1. The molecule has 1 rings (SSSR count). The highest BCUT2D eigenvalue weighted by Gasteiger charge is 2.13. The van der Waals surface area contributed by atoms with Crippen molar-refractivity contribution in [2.75, 3.05) is 13.2 Å². The molecule has 1 aromatic rings. The van der Waals surface area contributed by atoms with Gasteiger partial charge in [-0.25, -0.2) is 5.48 Å².